The molecule has 0 fully saturated rings. The van der Waals surface area contributed by atoms with Crippen molar-refractivity contribution in [3.8, 4) is 0 Å². The number of carbonyl (C=O) groups is 1. The molecule has 0 radical (unpaired) electrons. The van der Waals surface area contributed by atoms with E-state index in [4.69, 9.17) is 4.74 Å². The number of rotatable bonds is 7. The molecule has 0 aliphatic carbocycles. The maximum Gasteiger partial charge on any atom is 0.324 e. The van der Waals surface area contributed by atoms with Crippen molar-refractivity contribution in [2.75, 3.05) is 12.4 Å². The molecule has 1 atom stereocenters. The average molecular weight is 267 g/mol. The minimum Gasteiger partial charge on any atom is -0.465 e. The van der Waals surface area contributed by atoms with Crippen molar-refractivity contribution < 1.29 is 9.53 Å². The smallest absolute Gasteiger partial charge is 0.324 e. The molecule has 0 bridgehead atoms. The van der Waals surface area contributed by atoms with Crippen molar-refractivity contribution in [3.63, 3.8) is 0 Å². The summed E-state index contributed by atoms with van der Waals surface area (Å²) in [7, 11) is 0. The van der Waals surface area contributed by atoms with E-state index in [2.05, 4.69) is 5.32 Å². The minimum atomic E-state index is -0.254. The normalized spacial score (nSPS) is 12.4. The molecule has 1 aromatic carbocycles. The van der Waals surface area contributed by atoms with Gasteiger partial charge in [0, 0.05) is 16.7 Å². The summed E-state index contributed by atoms with van der Waals surface area (Å²) >= 11 is 1.66. The molecule has 1 rings (SSSR count). The molecule has 0 aromatic heterocycles. The summed E-state index contributed by atoms with van der Waals surface area (Å²) in [5.41, 5.74) is 0. The number of ether oxygens (including phenoxy) is 1. The van der Waals surface area contributed by atoms with Crippen LogP contribution in [-0.4, -0.2) is 30.4 Å². The Hall–Kier alpha value is -1.00. The molecule has 1 N–H and O–H groups in total. The van der Waals surface area contributed by atoms with Crippen LogP contribution in [0.25, 0.3) is 0 Å². The Morgan fingerprint density at radius 1 is 1.33 bits per heavy atom. The van der Waals surface area contributed by atoms with Gasteiger partial charge in [-0.1, -0.05) is 32.0 Å². The second kappa shape index (κ2) is 8.16. The zero-order valence-corrected chi connectivity index (χ0v) is 12.0. The van der Waals surface area contributed by atoms with E-state index in [1.807, 2.05) is 51.1 Å². The lowest BCUT2D eigenvalue weighted by molar-refractivity contribution is -0.145. The second-order valence-corrected chi connectivity index (χ2v) is 5.34. The summed E-state index contributed by atoms with van der Waals surface area (Å²) in [6.45, 7) is 6.30. The number of hydrogen-bond donors (Lipinski definition) is 1. The molecule has 1 aromatic rings. The molecule has 0 heterocycles. The van der Waals surface area contributed by atoms with E-state index >= 15 is 0 Å². The van der Waals surface area contributed by atoms with Gasteiger partial charge in [-0.15, -0.1) is 11.8 Å². The molecule has 100 valence electrons. The van der Waals surface area contributed by atoms with Crippen LogP contribution in [0.15, 0.2) is 35.2 Å². The van der Waals surface area contributed by atoms with Crippen LogP contribution in [0.3, 0.4) is 0 Å². The van der Waals surface area contributed by atoms with E-state index in [0.29, 0.717) is 12.4 Å². The number of esters is 1. The Morgan fingerprint density at radius 3 is 2.56 bits per heavy atom. The van der Waals surface area contributed by atoms with Crippen LogP contribution in [0, 0.1) is 0 Å². The maximum absolute atomic E-state index is 11.8. The highest BCUT2D eigenvalue weighted by atomic mass is 32.2. The molecular weight excluding hydrogens is 246 g/mol. The van der Waals surface area contributed by atoms with E-state index in [1.165, 1.54) is 0 Å². The van der Waals surface area contributed by atoms with Gasteiger partial charge in [0.25, 0.3) is 0 Å². The summed E-state index contributed by atoms with van der Waals surface area (Å²) in [6.07, 6.45) is 0. The molecule has 4 heteroatoms. The predicted octanol–water partition coefficient (Wildman–Crippen LogP) is 2.71. The Bertz CT molecular complexity index is 354. The standard InChI is InChI=1S/C14H21NO2S/c1-4-17-14(16)13(15-11(2)3)10-18-12-8-6-5-7-9-12/h5-9,11,13,15H,4,10H2,1-3H3. The van der Waals surface area contributed by atoms with Crippen molar-refractivity contribution in [2.45, 2.75) is 37.8 Å². The number of carbonyl (C=O) groups excluding carboxylic acids is 1. The Balaban J connectivity index is 2.53. The molecular formula is C14H21NO2S. The predicted molar refractivity (Wildman–Crippen MR) is 75.9 cm³/mol. The van der Waals surface area contributed by atoms with Gasteiger partial charge in [0.2, 0.25) is 0 Å². The maximum atomic E-state index is 11.8. The van der Waals surface area contributed by atoms with Crippen molar-refractivity contribution in [1.29, 1.82) is 0 Å². The van der Waals surface area contributed by atoms with Crippen LogP contribution < -0.4 is 5.32 Å². The first-order valence-corrected chi connectivity index (χ1v) is 7.22. The summed E-state index contributed by atoms with van der Waals surface area (Å²) in [5, 5.41) is 3.24. The summed E-state index contributed by atoms with van der Waals surface area (Å²) < 4.78 is 5.08. The molecule has 0 aliphatic rings. The Kier molecular flexibility index (Phi) is 6.83. The van der Waals surface area contributed by atoms with Gasteiger partial charge in [-0.3, -0.25) is 4.79 Å². The van der Waals surface area contributed by atoms with Crippen molar-refractivity contribution in [2.24, 2.45) is 0 Å². The molecule has 0 saturated heterocycles. The molecule has 0 aliphatic heterocycles. The third-order valence-corrected chi connectivity index (χ3v) is 3.37. The zero-order chi connectivity index (χ0) is 13.4. The van der Waals surface area contributed by atoms with E-state index in [0.717, 1.165) is 4.90 Å². The van der Waals surface area contributed by atoms with Gasteiger partial charge < -0.3 is 10.1 Å². The number of thioether (sulfide) groups is 1. The van der Waals surface area contributed by atoms with Crippen molar-refractivity contribution >= 4 is 17.7 Å². The van der Waals surface area contributed by atoms with Crippen LogP contribution in [0.4, 0.5) is 0 Å². The Morgan fingerprint density at radius 2 is 2.00 bits per heavy atom. The van der Waals surface area contributed by atoms with E-state index < -0.39 is 0 Å². The van der Waals surface area contributed by atoms with Gasteiger partial charge >= 0.3 is 5.97 Å². The lowest BCUT2D eigenvalue weighted by Gasteiger charge is -2.19. The summed E-state index contributed by atoms with van der Waals surface area (Å²) in [6, 6.07) is 10.1. The SMILES string of the molecule is CCOC(=O)C(CSc1ccccc1)NC(C)C. The van der Waals surface area contributed by atoms with Gasteiger partial charge in [-0.05, 0) is 19.1 Å². The van der Waals surface area contributed by atoms with Crippen LogP contribution in [0.2, 0.25) is 0 Å². The second-order valence-electron chi connectivity index (χ2n) is 4.25. The van der Waals surface area contributed by atoms with E-state index in [9.17, 15) is 4.79 Å². The molecule has 3 nitrogen and oxygen atoms in total. The molecule has 1 unspecified atom stereocenters. The highest BCUT2D eigenvalue weighted by Crippen LogP contribution is 2.18. The van der Waals surface area contributed by atoms with Gasteiger partial charge in [0.1, 0.15) is 6.04 Å². The quantitative estimate of drug-likeness (QED) is 0.609. The summed E-state index contributed by atoms with van der Waals surface area (Å²) in [4.78, 5) is 13.0. The lowest BCUT2D eigenvalue weighted by atomic mass is 10.3. The lowest BCUT2D eigenvalue weighted by Crippen LogP contribution is -2.43. The minimum absolute atomic E-state index is 0.172. The first-order chi connectivity index (χ1) is 8.63. The molecule has 0 spiro atoms. The molecule has 0 amide bonds. The fourth-order valence-electron chi connectivity index (χ4n) is 1.53. The number of nitrogens with one attached hydrogen (secondary N) is 1. The van der Waals surface area contributed by atoms with E-state index in [-0.39, 0.29) is 18.1 Å². The van der Waals surface area contributed by atoms with E-state index in [1.54, 1.807) is 11.8 Å². The van der Waals surface area contributed by atoms with Crippen LogP contribution in [0.1, 0.15) is 20.8 Å². The van der Waals surface area contributed by atoms with Crippen LogP contribution >= 0.6 is 11.8 Å². The number of hydrogen-bond acceptors (Lipinski definition) is 4. The zero-order valence-electron chi connectivity index (χ0n) is 11.2. The third kappa shape index (κ3) is 5.56. The highest BCUT2D eigenvalue weighted by Gasteiger charge is 2.20. The molecule has 0 saturated carbocycles. The van der Waals surface area contributed by atoms with Gasteiger partial charge in [-0.2, -0.15) is 0 Å². The van der Waals surface area contributed by atoms with Gasteiger partial charge in [0.15, 0.2) is 0 Å². The van der Waals surface area contributed by atoms with Gasteiger partial charge in [-0.25, -0.2) is 0 Å². The monoisotopic (exact) mass is 267 g/mol. The highest BCUT2D eigenvalue weighted by molar-refractivity contribution is 7.99. The van der Waals surface area contributed by atoms with Crippen LogP contribution in [0.5, 0.6) is 0 Å². The average Bonchev–Trinajstić information content (AvgIpc) is 2.35. The molecule has 18 heavy (non-hydrogen) atoms. The first kappa shape index (κ1) is 15.1. The van der Waals surface area contributed by atoms with Crippen molar-refractivity contribution in [1.82, 2.24) is 5.32 Å². The Labute approximate surface area is 113 Å². The topological polar surface area (TPSA) is 38.3 Å². The fraction of sp³-hybridized carbons (Fsp3) is 0.500. The van der Waals surface area contributed by atoms with Crippen molar-refractivity contribution in [3.05, 3.63) is 30.3 Å². The first-order valence-electron chi connectivity index (χ1n) is 6.24. The third-order valence-electron chi connectivity index (χ3n) is 2.27. The van der Waals surface area contributed by atoms with Gasteiger partial charge in [0.05, 0.1) is 6.61 Å². The largest absolute Gasteiger partial charge is 0.465 e. The summed E-state index contributed by atoms with van der Waals surface area (Å²) in [5.74, 6) is 0.510. The number of benzene rings is 1. The van der Waals surface area contributed by atoms with Crippen LogP contribution in [-0.2, 0) is 9.53 Å². The fourth-order valence-corrected chi connectivity index (χ4v) is 2.47.